The Hall–Kier alpha value is -0.330. The molecule has 96 valence electrons. The van der Waals surface area contributed by atoms with Gasteiger partial charge in [0.25, 0.3) is 0 Å². The maximum Gasteiger partial charge on any atom is 0.240 e. The van der Waals surface area contributed by atoms with Crippen molar-refractivity contribution in [1.29, 1.82) is 0 Å². The quantitative estimate of drug-likeness (QED) is 0.788. The van der Waals surface area contributed by atoms with Crippen LogP contribution in [0.5, 0.6) is 0 Å². The van der Waals surface area contributed by atoms with Crippen LogP contribution < -0.4 is 10.0 Å². The van der Waals surface area contributed by atoms with E-state index < -0.39 is 10.0 Å². The van der Waals surface area contributed by atoms with Crippen LogP contribution >= 0.6 is 23.2 Å². The summed E-state index contributed by atoms with van der Waals surface area (Å²) in [5.74, 6) is 0. The number of benzene rings is 1. The summed E-state index contributed by atoms with van der Waals surface area (Å²) in [5.41, 5.74) is 0. The van der Waals surface area contributed by atoms with Crippen molar-refractivity contribution in [2.75, 3.05) is 20.1 Å². The molecule has 1 aromatic carbocycles. The summed E-state index contributed by atoms with van der Waals surface area (Å²) in [6.07, 6.45) is 0.719. The Morgan fingerprint density at radius 3 is 2.47 bits per heavy atom. The van der Waals surface area contributed by atoms with Gasteiger partial charge in [0.15, 0.2) is 0 Å². The number of rotatable bonds is 6. The van der Waals surface area contributed by atoms with Crippen LogP contribution in [0.3, 0.4) is 0 Å². The summed E-state index contributed by atoms with van der Waals surface area (Å²) in [6, 6.07) is 4.23. The van der Waals surface area contributed by atoms with E-state index in [2.05, 4.69) is 10.0 Å². The van der Waals surface area contributed by atoms with Gasteiger partial charge in [-0.05, 0) is 38.2 Å². The van der Waals surface area contributed by atoms with Gasteiger partial charge in [-0.25, -0.2) is 13.1 Å². The lowest BCUT2D eigenvalue weighted by molar-refractivity contribution is 0.577. The van der Waals surface area contributed by atoms with Gasteiger partial charge in [0.2, 0.25) is 10.0 Å². The lowest BCUT2D eigenvalue weighted by Crippen LogP contribution is -2.26. The maximum atomic E-state index is 11.8. The number of sulfonamides is 1. The van der Waals surface area contributed by atoms with Crippen molar-refractivity contribution in [3.8, 4) is 0 Å². The summed E-state index contributed by atoms with van der Waals surface area (Å²) in [4.78, 5) is 0.122. The first-order chi connectivity index (χ1) is 7.97. The Bertz CT molecular complexity index is 477. The standard InChI is InChI=1S/C10H14Cl2N2O2S/c1-13-5-2-6-14-17(15,16)8-3-4-9(11)10(12)7-8/h3-4,7,13-14H,2,5-6H2,1H3. The van der Waals surface area contributed by atoms with Gasteiger partial charge in [-0.3, -0.25) is 0 Å². The zero-order chi connectivity index (χ0) is 12.9. The molecule has 0 radical (unpaired) electrons. The molecule has 1 rings (SSSR count). The van der Waals surface area contributed by atoms with Crippen LogP contribution in [-0.4, -0.2) is 28.6 Å². The third kappa shape index (κ3) is 4.44. The molecule has 0 amide bonds. The third-order valence-electron chi connectivity index (χ3n) is 2.10. The molecule has 0 aliphatic heterocycles. The van der Waals surface area contributed by atoms with Gasteiger partial charge in [-0.2, -0.15) is 0 Å². The highest BCUT2D eigenvalue weighted by Crippen LogP contribution is 2.24. The van der Waals surface area contributed by atoms with Crippen molar-refractivity contribution in [2.45, 2.75) is 11.3 Å². The maximum absolute atomic E-state index is 11.8. The summed E-state index contributed by atoms with van der Waals surface area (Å²) in [7, 11) is -1.69. The smallest absolute Gasteiger partial charge is 0.240 e. The van der Waals surface area contributed by atoms with E-state index in [1.807, 2.05) is 7.05 Å². The van der Waals surface area contributed by atoms with E-state index >= 15 is 0 Å². The second-order valence-electron chi connectivity index (χ2n) is 3.43. The Morgan fingerprint density at radius 2 is 1.88 bits per heavy atom. The molecule has 0 fully saturated rings. The molecule has 0 heterocycles. The minimum absolute atomic E-state index is 0.122. The van der Waals surface area contributed by atoms with Crippen molar-refractivity contribution in [2.24, 2.45) is 0 Å². The highest BCUT2D eigenvalue weighted by molar-refractivity contribution is 7.89. The normalized spacial score (nSPS) is 11.7. The van der Waals surface area contributed by atoms with Gasteiger partial charge in [0, 0.05) is 6.54 Å². The molecule has 0 unspecified atom stereocenters. The first kappa shape index (κ1) is 14.7. The SMILES string of the molecule is CNCCCNS(=O)(=O)c1ccc(Cl)c(Cl)c1. The Morgan fingerprint density at radius 1 is 1.18 bits per heavy atom. The molecule has 17 heavy (non-hydrogen) atoms. The molecule has 1 aromatic rings. The average Bonchev–Trinajstić information content (AvgIpc) is 2.28. The fraction of sp³-hybridized carbons (Fsp3) is 0.400. The van der Waals surface area contributed by atoms with E-state index in [1.54, 1.807) is 0 Å². The monoisotopic (exact) mass is 296 g/mol. The molecule has 0 saturated carbocycles. The van der Waals surface area contributed by atoms with E-state index in [0.717, 1.165) is 13.0 Å². The van der Waals surface area contributed by atoms with E-state index in [1.165, 1.54) is 18.2 Å². The molecule has 0 spiro atoms. The van der Waals surface area contributed by atoms with Crippen LogP contribution in [0.4, 0.5) is 0 Å². The molecule has 0 saturated heterocycles. The number of hydrogen-bond acceptors (Lipinski definition) is 3. The molecule has 0 aromatic heterocycles. The van der Waals surface area contributed by atoms with Crippen LogP contribution in [0.25, 0.3) is 0 Å². The molecule has 2 N–H and O–H groups in total. The highest BCUT2D eigenvalue weighted by Gasteiger charge is 2.14. The van der Waals surface area contributed by atoms with Gasteiger partial charge >= 0.3 is 0 Å². The van der Waals surface area contributed by atoms with E-state index in [9.17, 15) is 8.42 Å². The van der Waals surface area contributed by atoms with Gasteiger partial charge in [0.1, 0.15) is 0 Å². The Balaban J connectivity index is 2.72. The topological polar surface area (TPSA) is 58.2 Å². The van der Waals surface area contributed by atoms with Crippen molar-refractivity contribution >= 4 is 33.2 Å². The summed E-state index contributed by atoms with van der Waals surface area (Å²) in [6.45, 7) is 1.13. The summed E-state index contributed by atoms with van der Waals surface area (Å²) in [5, 5.41) is 3.50. The molecule has 0 bridgehead atoms. The third-order valence-corrected chi connectivity index (χ3v) is 4.29. The second-order valence-corrected chi connectivity index (χ2v) is 6.01. The van der Waals surface area contributed by atoms with Gasteiger partial charge in [-0.1, -0.05) is 23.2 Å². The highest BCUT2D eigenvalue weighted by atomic mass is 35.5. The largest absolute Gasteiger partial charge is 0.320 e. The number of nitrogens with one attached hydrogen (secondary N) is 2. The van der Waals surface area contributed by atoms with Crippen LogP contribution in [0, 0.1) is 0 Å². The van der Waals surface area contributed by atoms with Crippen molar-refractivity contribution in [3.05, 3.63) is 28.2 Å². The first-order valence-electron chi connectivity index (χ1n) is 5.06. The van der Waals surface area contributed by atoms with Crippen molar-refractivity contribution in [1.82, 2.24) is 10.0 Å². The number of halogens is 2. The Kier molecular flexibility index (Phi) is 5.69. The predicted molar refractivity (Wildman–Crippen MR) is 70.2 cm³/mol. The van der Waals surface area contributed by atoms with E-state index in [-0.39, 0.29) is 9.92 Å². The zero-order valence-corrected chi connectivity index (χ0v) is 11.7. The molecule has 0 aliphatic carbocycles. The predicted octanol–water partition coefficient (Wildman–Crippen LogP) is 1.88. The second kappa shape index (κ2) is 6.56. The van der Waals surface area contributed by atoms with Crippen LogP contribution in [0.15, 0.2) is 23.1 Å². The van der Waals surface area contributed by atoms with E-state index in [4.69, 9.17) is 23.2 Å². The lowest BCUT2D eigenvalue weighted by atomic mass is 10.4. The zero-order valence-electron chi connectivity index (χ0n) is 9.33. The lowest BCUT2D eigenvalue weighted by Gasteiger charge is -2.07. The van der Waals surface area contributed by atoms with Crippen LogP contribution in [0.2, 0.25) is 10.0 Å². The molecule has 4 nitrogen and oxygen atoms in total. The summed E-state index contributed by atoms with van der Waals surface area (Å²) >= 11 is 11.5. The minimum Gasteiger partial charge on any atom is -0.320 e. The van der Waals surface area contributed by atoms with Gasteiger partial charge < -0.3 is 5.32 Å². The first-order valence-corrected chi connectivity index (χ1v) is 7.30. The fourth-order valence-corrected chi connectivity index (χ4v) is 2.66. The summed E-state index contributed by atoms with van der Waals surface area (Å²) < 4.78 is 26.1. The van der Waals surface area contributed by atoms with E-state index in [0.29, 0.717) is 11.6 Å². The Labute approximate surface area is 111 Å². The average molecular weight is 297 g/mol. The molecule has 0 atom stereocenters. The van der Waals surface area contributed by atoms with Crippen molar-refractivity contribution < 1.29 is 8.42 Å². The van der Waals surface area contributed by atoms with Gasteiger partial charge in [0.05, 0.1) is 14.9 Å². The molecular formula is C10H14Cl2N2O2S. The van der Waals surface area contributed by atoms with Crippen molar-refractivity contribution in [3.63, 3.8) is 0 Å². The molecule has 7 heteroatoms. The fourth-order valence-electron chi connectivity index (χ4n) is 1.20. The molecular weight excluding hydrogens is 283 g/mol. The van der Waals surface area contributed by atoms with Crippen LogP contribution in [-0.2, 0) is 10.0 Å². The molecule has 0 aliphatic rings. The number of hydrogen-bond donors (Lipinski definition) is 2. The van der Waals surface area contributed by atoms with Crippen LogP contribution in [0.1, 0.15) is 6.42 Å². The minimum atomic E-state index is -3.50. The van der Waals surface area contributed by atoms with Gasteiger partial charge in [-0.15, -0.1) is 0 Å².